The van der Waals surface area contributed by atoms with Crippen molar-refractivity contribution < 1.29 is 27.8 Å². The first-order chi connectivity index (χ1) is 20.1. The van der Waals surface area contributed by atoms with E-state index in [2.05, 4.69) is 37.4 Å². The Morgan fingerprint density at radius 2 is 1.86 bits per heavy atom. The third-order valence-corrected chi connectivity index (χ3v) is 6.37. The Labute approximate surface area is 239 Å². The number of anilines is 2. The number of hydrogen-bond donors (Lipinski definition) is 3. The van der Waals surface area contributed by atoms with E-state index in [1.54, 1.807) is 24.3 Å². The molecule has 3 aromatic carbocycles. The van der Waals surface area contributed by atoms with Crippen molar-refractivity contribution in [3.05, 3.63) is 84.2 Å². The average molecular weight is 580 g/mol. The number of aliphatic hydroxyl groups is 1. The minimum absolute atomic E-state index is 0.0743. The standard InChI is InChI=1S/C29H28F3N7O3/c1-3-4-19-6-5-18(2)15-24(19)39-25(40)16-33-27(39)36-28(41)35-21-9-7-20(8-10-21)26-34-17-38(37-26)22-11-13-23(14-12-22)42-29(30,31)32/h5-15,17,28,35,41H,3-4,16H2,1-2H3,(H,33,36). The zero-order valence-electron chi connectivity index (χ0n) is 22.8. The van der Waals surface area contributed by atoms with Gasteiger partial charge in [-0.05, 0) is 79.1 Å². The molecule has 1 amide bonds. The van der Waals surface area contributed by atoms with Gasteiger partial charge >= 0.3 is 6.36 Å². The molecular formula is C29H28F3N7O3. The largest absolute Gasteiger partial charge is 0.573 e. The molecule has 1 fully saturated rings. The number of nitrogens with zero attached hydrogens (tertiary/aromatic N) is 5. The van der Waals surface area contributed by atoms with Gasteiger partial charge in [0.15, 0.2) is 5.82 Å². The second kappa shape index (κ2) is 11.9. The number of carbonyl (C=O) groups is 1. The van der Waals surface area contributed by atoms with Gasteiger partial charge in [0, 0.05) is 11.3 Å². The van der Waals surface area contributed by atoms with Gasteiger partial charge in [0.2, 0.25) is 12.3 Å². The molecule has 1 unspecified atom stereocenters. The number of alkyl halides is 3. The van der Waals surface area contributed by atoms with Crippen molar-refractivity contribution in [2.45, 2.75) is 39.4 Å². The topological polar surface area (TPSA) is 117 Å². The van der Waals surface area contributed by atoms with E-state index in [1.807, 2.05) is 25.1 Å². The van der Waals surface area contributed by atoms with Crippen LogP contribution in [-0.2, 0) is 11.2 Å². The summed E-state index contributed by atoms with van der Waals surface area (Å²) in [6.07, 6.45) is -2.94. The van der Waals surface area contributed by atoms with Gasteiger partial charge in [-0.25, -0.2) is 19.6 Å². The number of rotatable bonds is 9. The predicted molar refractivity (Wildman–Crippen MR) is 151 cm³/mol. The number of hydrogen-bond acceptors (Lipinski definition) is 7. The van der Waals surface area contributed by atoms with Crippen molar-refractivity contribution in [1.29, 1.82) is 0 Å². The first-order valence-corrected chi connectivity index (χ1v) is 13.2. The highest BCUT2D eigenvalue weighted by molar-refractivity contribution is 6.22. The fraction of sp³-hybridized carbons (Fsp3) is 0.241. The number of aryl methyl sites for hydroxylation is 2. The lowest BCUT2D eigenvalue weighted by Crippen LogP contribution is -2.35. The van der Waals surface area contributed by atoms with Crippen LogP contribution in [-0.4, -0.2) is 51.0 Å². The summed E-state index contributed by atoms with van der Waals surface area (Å²) in [7, 11) is 0. The van der Waals surface area contributed by atoms with E-state index in [4.69, 9.17) is 0 Å². The molecule has 218 valence electrons. The summed E-state index contributed by atoms with van der Waals surface area (Å²) >= 11 is 0. The van der Waals surface area contributed by atoms with Crippen molar-refractivity contribution in [2.75, 3.05) is 16.8 Å². The van der Waals surface area contributed by atoms with Crippen molar-refractivity contribution in [1.82, 2.24) is 20.1 Å². The van der Waals surface area contributed by atoms with Gasteiger partial charge in [0.25, 0.3) is 5.91 Å². The Bertz CT molecular complexity index is 1590. The van der Waals surface area contributed by atoms with Crippen LogP contribution in [0, 0.1) is 6.92 Å². The van der Waals surface area contributed by atoms with Crippen molar-refractivity contribution in [3.8, 4) is 22.8 Å². The number of guanidine groups is 1. The number of benzene rings is 3. The summed E-state index contributed by atoms with van der Waals surface area (Å²) in [5.74, 6) is 0.155. The molecule has 0 saturated carbocycles. The molecule has 1 atom stereocenters. The SMILES string of the molecule is CCCc1ccc(C)cc1N1C(=O)CN/C1=N\C(O)Nc1ccc(-c2ncn(-c3ccc(OC(F)(F)F)cc3)n2)cc1. The van der Waals surface area contributed by atoms with Crippen LogP contribution in [0.4, 0.5) is 24.5 Å². The molecule has 1 aliphatic heterocycles. The number of aliphatic hydroxyl groups excluding tert-OH is 1. The summed E-state index contributed by atoms with van der Waals surface area (Å²) in [4.78, 5) is 22.8. The van der Waals surface area contributed by atoms with Crippen LogP contribution in [0.2, 0.25) is 0 Å². The van der Waals surface area contributed by atoms with Crippen LogP contribution in [0.1, 0.15) is 24.5 Å². The molecule has 2 heterocycles. The number of carbonyl (C=O) groups excluding carboxylic acids is 1. The molecule has 0 radical (unpaired) electrons. The molecule has 1 saturated heterocycles. The maximum absolute atomic E-state index is 12.7. The Morgan fingerprint density at radius 3 is 2.55 bits per heavy atom. The normalized spacial score (nSPS) is 15.1. The molecule has 0 aliphatic carbocycles. The maximum atomic E-state index is 12.7. The molecule has 0 bridgehead atoms. The highest BCUT2D eigenvalue weighted by Crippen LogP contribution is 2.27. The molecule has 5 rings (SSSR count). The smallest absolute Gasteiger partial charge is 0.406 e. The number of aliphatic imine (C=N–C) groups is 1. The minimum atomic E-state index is -4.77. The molecule has 4 aromatic rings. The fourth-order valence-corrected chi connectivity index (χ4v) is 4.48. The van der Waals surface area contributed by atoms with Crippen LogP contribution >= 0.6 is 0 Å². The van der Waals surface area contributed by atoms with E-state index in [0.29, 0.717) is 22.8 Å². The molecule has 10 nitrogen and oxygen atoms in total. The summed E-state index contributed by atoms with van der Waals surface area (Å²) in [5, 5.41) is 20.9. The number of amides is 1. The molecule has 1 aliphatic rings. The first-order valence-electron chi connectivity index (χ1n) is 13.2. The fourth-order valence-electron chi connectivity index (χ4n) is 4.48. The molecule has 13 heteroatoms. The number of nitrogens with one attached hydrogen (secondary N) is 2. The lowest BCUT2D eigenvalue weighted by Gasteiger charge is -2.21. The second-order valence-corrected chi connectivity index (χ2v) is 9.57. The van der Waals surface area contributed by atoms with E-state index >= 15 is 0 Å². The minimum Gasteiger partial charge on any atom is -0.406 e. The first kappa shape index (κ1) is 28.6. The van der Waals surface area contributed by atoms with E-state index < -0.39 is 12.7 Å². The van der Waals surface area contributed by atoms with Crippen LogP contribution in [0.5, 0.6) is 5.75 Å². The van der Waals surface area contributed by atoms with Gasteiger partial charge in [-0.2, -0.15) is 0 Å². The van der Waals surface area contributed by atoms with E-state index in [9.17, 15) is 23.1 Å². The van der Waals surface area contributed by atoms with Gasteiger partial charge in [0.1, 0.15) is 12.1 Å². The highest BCUT2D eigenvalue weighted by atomic mass is 19.4. The van der Waals surface area contributed by atoms with Crippen LogP contribution < -0.4 is 20.3 Å². The van der Waals surface area contributed by atoms with Crippen LogP contribution in [0.25, 0.3) is 17.1 Å². The Hall–Kier alpha value is -4.91. The average Bonchev–Trinajstić information content (AvgIpc) is 3.57. The van der Waals surface area contributed by atoms with Crippen molar-refractivity contribution in [3.63, 3.8) is 0 Å². The molecule has 0 spiro atoms. The van der Waals surface area contributed by atoms with Crippen molar-refractivity contribution in [2.24, 2.45) is 4.99 Å². The van der Waals surface area contributed by atoms with Crippen LogP contribution in [0.3, 0.4) is 0 Å². The quantitative estimate of drug-likeness (QED) is 0.245. The third-order valence-electron chi connectivity index (χ3n) is 6.37. The Balaban J connectivity index is 1.26. The third kappa shape index (κ3) is 6.69. The summed E-state index contributed by atoms with van der Waals surface area (Å²) in [5.41, 5.74) is 4.52. The molecular weight excluding hydrogens is 551 g/mol. The Morgan fingerprint density at radius 1 is 1.12 bits per heavy atom. The van der Waals surface area contributed by atoms with Crippen LogP contribution in [0.15, 0.2) is 78.0 Å². The number of ether oxygens (including phenoxy) is 1. The van der Waals surface area contributed by atoms with Gasteiger partial charge < -0.3 is 20.5 Å². The van der Waals surface area contributed by atoms with E-state index in [0.717, 1.165) is 29.7 Å². The van der Waals surface area contributed by atoms with Gasteiger partial charge in [0.05, 0.1) is 17.9 Å². The maximum Gasteiger partial charge on any atom is 0.573 e. The predicted octanol–water partition coefficient (Wildman–Crippen LogP) is 4.77. The van der Waals surface area contributed by atoms with Gasteiger partial charge in [-0.15, -0.1) is 18.3 Å². The molecule has 42 heavy (non-hydrogen) atoms. The summed E-state index contributed by atoms with van der Waals surface area (Å²) < 4.78 is 42.5. The van der Waals surface area contributed by atoms with E-state index in [1.165, 1.54) is 40.2 Å². The Kier molecular flexibility index (Phi) is 8.11. The highest BCUT2D eigenvalue weighted by Gasteiger charge is 2.31. The summed E-state index contributed by atoms with van der Waals surface area (Å²) in [6.45, 7) is 4.10. The van der Waals surface area contributed by atoms with E-state index in [-0.39, 0.29) is 24.2 Å². The zero-order valence-corrected chi connectivity index (χ0v) is 22.8. The second-order valence-electron chi connectivity index (χ2n) is 9.57. The van der Waals surface area contributed by atoms with Crippen molar-refractivity contribution >= 4 is 23.2 Å². The molecule has 1 aromatic heterocycles. The number of aromatic nitrogens is 3. The summed E-state index contributed by atoms with van der Waals surface area (Å²) in [6, 6.07) is 18.1. The number of halogens is 3. The molecule has 3 N–H and O–H groups in total. The monoisotopic (exact) mass is 579 g/mol. The lowest BCUT2D eigenvalue weighted by molar-refractivity contribution is -0.274. The zero-order chi connectivity index (χ0) is 29.9. The van der Waals surface area contributed by atoms with Gasteiger partial charge in [-0.3, -0.25) is 4.79 Å². The lowest BCUT2D eigenvalue weighted by atomic mass is 10.0. The van der Waals surface area contributed by atoms with Gasteiger partial charge in [-0.1, -0.05) is 25.5 Å².